The number of methoxy groups -OCH3 is 1. The number of benzene rings is 1. The van der Waals surface area contributed by atoms with Gasteiger partial charge in [0, 0.05) is 37.5 Å². The Labute approximate surface area is 192 Å². The summed E-state index contributed by atoms with van der Waals surface area (Å²) in [4.78, 5) is 30.0. The topological polar surface area (TPSA) is 80.8 Å². The zero-order valence-electron chi connectivity index (χ0n) is 19.0. The number of carbonyl (C=O) groups excluding carboxylic acids is 2. The van der Waals surface area contributed by atoms with Crippen LogP contribution in [0.15, 0.2) is 47.1 Å². The molecule has 8 nitrogen and oxygen atoms in total. The Morgan fingerprint density at radius 3 is 2.91 bits per heavy atom. The van der Waals surface area contributed by atoms with Crippen molar-refractivity contribution in [2.75, 3.05) is 18.6 Å². The highest BCUT2D eigenvalue weighted by molar-refractivity contribution is 6.00. The number of amides is 2. The van der Waals surface area contributed by atoms with Gasteiger partial charge >= 0.3 is 0 Å². The van der Waals surface area contributed by atoms with E-state index in [9.17, 15) is 9.59 Å². The first-order valence-electron chi connectivity index (χ1n) is 11.3. The molecule has 0 saturated carbocycles. The van der Waals surface area contributed by atoms with Crippen molar-refractivity contribution >= 4 is 17.5 Å². The highest BCUT2D eigenvalue weighted by atomic mass is 16.5. The second-order valence-corrected chi connectivity index (χ2v) is 8.73. The first-order chi connectivity index (χ1) is 16.0. The Hall–Kier alpha value is -3.55. The van der Waals surface area contributed by atoms with Crippen LogP contribution in [0.5, 0.6) is 5.75 Å². The molecule has 33 heavy (non-hydrogen) atoms. The van der Waals surface area contributed by atoms with Crippen molar-refractivity contribution in [2.24, 2.45) is 13.0 Å². The number of nitrogens with zero attached hydrogens (tertiary/aromatic N) is 4. The lowest BCUT2D eigenvalue weighted by molar-refractivity contribution is -0.137. The molecule has 0 N–H and O–H groups in total. The van der Waals surface area contributed by atoms with Crippen LogP contribution >= 0.6 is 0 Å². The van der Waals surface area contributed by atoms with Crippen molar-refractivity contribution in [3.8, 4) is 5.75 Å². The molecule has 8 heteroatoms. The minimum absolute atomic E-state index is 0.0532. The normalized spacial score (nSPS) is 17.5. The van der Waals surface area contributed by atoms with Gasteiger partial charge in [-0.15, -0.1) is 0 Å². The Bertz CT molecular complexity index is 1170. The third-order valence-electron chi connectivity index (χ3n) is 6.62. The van der Waals surface area contributed by atoms with E-state index in [1.807, 2.05) is 48.1 Å². The molecule has 1 atom stereocenters. The van der Waals surface area contributed by atoms with Crippen LogP contribution in [-0.4, -0.2) is 40.1 Å². The van der Waals surface area contributed by atoms with Crippen LogP contribution < -0.4 is 9.64 Å². The summed E-state index contributed by atoms with van der Waals surface area (Å²) in [5.41, 5.74) is 4.21. The monoisotopic (exact) mass is 448 g/mol. The van der Waals surface area contributed by atoms with Gasteiger partial charge in [0.15, 0.2) is 0 Å². The van der Waals surface area contributed by atoms with Crippen LogP contribution in [0.3, 0.4) is 0 Å². The maximum absolute atomic E-state index is 13.7. The molecule has 0 radical (unpaired) electrons. The fraction of sp³-hybridized carbons (Fsp3) is 0.400. The van der Waals surface area contributed by atoms with Gasteiger partial charge in [-0.2, -0.15) is 5.10 Å². The van der Waals surface area contributed by atoms with Crippen LogP contribution in [0.4, 0.5) is 5.69 Å². The average Bonchev–Trinajstić information content (AvgIpc) is 3.61. The Kier molecular flexibility index (Phi) is 5.66. The number of ether oxygens (including phenoxy) is 1. The Morgan fingerprint density at radius 1 is 1.24 bits per heavy atom. The fourth-order valence-electron chi connectivity index (χ4n) is 4.97. The van der Waals surface area contributed by atoms with Crippen LogP contribution in [0, 0.1) is 5.92 Å². The molecule has 3 aromatic rings. The third-order valence-corrected chi connectivity index (χ3v) is 6.62. The van der Waals surface area contributed by atoms with Gasteiger partial charge in [-0.1, -0.05) is 6.07 Å². The lowest BCUT2D eigenvalue weighted by Gasteiger charge is -2.24. The van der Waals surface area contributed by atoms with Gasteiger partial charge in [0.05, 0.1) is 38.1 Å². The molecule has 5 rings (SSSR count). The minimum atomic E-state index is -0.421. The van der Waals surface area contributed by atoms with Crippen molar-refractivity contribution < 1.29 is 18.7 Å². The molecule has 1 aliphatic carbocycles. The average molecular weight is 449 g/mol. The predicted octanol–water partition coefficient (Wildman–Crippen LogP) is 3.09. The van der Waals surface area contributed by atoms with E-state index >= 15 is 0 Å². The lowest BCUT2D eigenvalue weighted by Crippen LogP contribution is -2.37. The quantitative estimate of drug-likeness (QED) is 0.555. The number of hydrogen-bond donors (Lipinski definition) is 0. The SMILES string of the molecule is COc1cccc(N2CC(C(=O)N(Cc3ccco3)Cc3nn(C)c4c3CCC4)CC2=O)c1. The summed E-state index contributed by atoms with van der Waals surface area (Å²) < 4.78 is 12.8. The van der Waals surface area contributed by atoms with E-state index in [0.717, 1.165) is 30.6 Å². The van der Waals surface area contributed by atoms with E-state index < -0.39 is 5.92 Å². The maximum Gasteiger partial charge on any atom is 0.228 e. The second kappa shape index (κ2) is 8.77. The molecule has 0 bridgehead atoms. The first-order valence-corrected chi connectivity index (χ1v) is 11.3. The summed E-state index contributed by atoms with van der Waals surface area (Å²) in [6.45, 7) is 1.10. The molecule has 2 aromatic heterocycles. The zero-order valence-corrected chi connectivity index (χ0v) is 19.0. The lowest BCUT2D eigenvalue weighted by atomic mass is 10.1. The molecule has 1 unspecified atom stereocenters. The van der Waals surface area contributed by atoms with E-state index in [0.29, 0.717) is 31.1 Å². The molecule has 3 heterocycles. The van der Waals surface area contributed by atoms with Gasteiger partial charge in [-0.25, -0.2) is 0 Å². The smallest absolute Gasteiger partial charge is 0.228 e. The predicted molar refractivity (Wildman–Crippen MR) is 122 cm³/mol. The van der Waals surface area contributed by atoms with Crippen molar-refractivity contribution in [1.82, 2.24) is 14.7 Å². The molecule has 2 aliphatic rings. The van der Waals surface area contributed by atoms with E-state index in [-0.39, 0.29) is 18.2 Å². The van der Waals surface area contributed by atoms with E-state index in [1.165, 1.54) is 11.3 Å². The summed E-state index contributed by atoms with van der Waals surface area (Å²) in [6.07, 6.45) is 4.93. The van der Waals surface area contributed by atoms with Crippen molar-refractivity contribution in [3.05, 3.63) is 65.4 Å². The zero-order chi connectivity index (χ0) is 22.9. The minimum Gasteiger partial charge on any atom is -0.497 e. The number of fused-ring (bicyclic) bond motifs is 1. The largest absolute Gasteiger partial charge is 0.497 e. The van der Waals surface area contributed by atoms with Crippen molar-refractivity contribution in [2.45, 2.75) is 38.8 Å². The molecular formula is C25H28N4O4. The Morgan fingerprint density at radius 2 is 2.12 bits per heavy atom. The molecule has 2 amide bonds. The van der Waals surface area contributed by atoms with E-state index in [1.54, 1.807) is 23.2 Å². The fourth-order valence-corrected chi connectivity index (χ4v) is 4.97. The maximum atomic E-state index is 13.7. The van der Waals surface area contributed by atoms with Gasteiger partial charge < -0.3 is 19.0 Å². The Balaban J connectivity index is 1.38. The molecule has 1 saturated heterocycles. The van der Waals surface area contributed by atoms with Crippen LogP contribution in [0.2, 0.25) is 0 Å². The standard InChI is InChI=1S/C25H28N4O4/c1-27-23-10-4-9-21(23)22(26-27)16-28(15-20-8-5-11-33-20)25(31)17-12-24(30)29(14-17)18-6-3-7-19(13-18)32-2/h3,5-8,11,13,17H,4,9-10,12,14-16H2,1-2H3. The first kappa shape index (κ1) is 21.3. The second-order valence-electron chi connectivity index (χ2n) is 8.73. The summed E-state index contributed by atoms with van der Waals surface area (Å²) in [5.74, 6) is 0.861. The number of furan rings is 1. The van der Waals surface area contributed by atoms with Gasteiger partial charge in [0.25, 0.3) is 0 Å². The molecule has 172 valence electrons. The highest BCUT2D eigenvalue weighted by Crippen LogP contribution is 2.31. The molecule has 1 aromatic carbocycles. The number of rotatable bonds is 7. The van der Waals surface area contributed by atoms with Crippen LogP contribution in [0.25, 0.3) is 0 Å². The summed E-state index contributed by atoms with van der Waals surface area (Å²) in [7, 11) is 3.56. The highest BCUT2D eigenvalue weighted by Gasteiger charge is 2.38. The molecule has 0 spiro atoms. The van der Waals surface area contributed by atoms with Crippen LogP contribution in [0.1, 0.15) is 35.6 Å². The number of carbonyl (C=O) groups is 2. The number of aromatic nitrogens is 2. The molecule has 1 fully saturated rings. The number of hydrogen-bond acceptors (Lipinski definition) is 5. The van der Waals surface area contributed by atoms with Gasteiger partial charge in [-0.3, -0.25) is 14.3 Å². The molecule has 1 aliphatic heterocycles. The van der Waals surface area contributed by atoms with Gasteiger partial charge in [0.1, 0.15) is 11.5 Å². The summed E-state index contributed by atoms with van der Waals surface area (Å²) in [6, 6.07) is 11.1. The number of aryl methyl sites for hydroxylation is 1. The summed E-state index contributed by atoms with van der Waals surface area (Å²) >= 11 is 0. The van der Waals surface area contributed by atoms with Gasteiger partial charge in [-0.05, 0) is 49.1 Å². The molecular weight excluding hydrogens is 420 g/mol. The third kappa shape index (κ3) is 4.13. The van der Waals surface area contributed by atoms with E-state index in [2.05, 4.69) is 0 Å². The van der Waals surface area contributed by atoms with Gasteiger partial charge in [0.2, 0.25) is 11.8 Å². The van der Waals surface area contributed by atoms with Crippen molar-refractivity contribution in [3.63, 3.8) is 0 Å². The van der Waals surface area contributed by atoms with Crippen molar-refractivity contribution in [1.29, 1.82) is 0 Å². The summed E-state index contributed by atoms with van der Waals surface area (Å²) in [5, 5.41) is 4.71. The van der Waals surface area contributed by atoms with Crippen LogP contribution in [-0.2, 0) is 42.6 Å². The van der Waals surface area contributed by atoms with E-state index in [4.69, 9.17) is 14.3 Å². The number of anilines is 1.